The molecule has 4 aliphatic rings. The number of aromatic nitrogens is 4. The number of fused-ring (bicyclic) bond motifs is 1. The maximum absolute atomic E-state index is 9.29. The van der Waals surface area contributed by atoms with Crippen LogP contribution in [0.1, 0.15) is 37.3 Å². The van der Waals surface area contributed by atoms with Crippen molar-refractivity contribution in [1.29, 1.82) is 5.26 Å². The Hall–Kier alpha value is -2.62. The van der Waals surface area contributed by atoms with E-state index >= 15 is 0 Å². The van der Waals surface area contributed by atoms with Gasteiger partial charge >= 0.3 is 0 Å². The smallest absolute Gasteiger partial charge is 0.227 e. The summed E-state index contributed by atoms with van der Waals surface area (Å²) in [5.41, 5.74) is 1.02. The minimum absolute atomic E-state index is 0.168. The van der Waals surface area contributed by atoms with Crippen molar-refractivity contribution in [2.75, 3.05) is 16.8 Å². The van der Waals surface area contributed by atoms with E-state index in [0.29, 0.717) is 17.9 Å². The molecule has 0 aromatic carbocycles. The van der Waals surface area contributed by atoms with Crippen LogP contribution in [0.25, 0.3) is 0 Å². The van der Waals surface area contributed by atoms with Crippen LogP contribution in [0, 0.1) is 16.7 Å². The molecule has 0 amide bonds. The first-order valence-corrected chi connectivity index (χ1v) is 8.08. The molecule has 2 aliphatic carbocycles. The maximum Gasteiger partial charge on any atom is 0.227 e. The van der Waals surface area contributed by atoms with Crippen molar-refractivity contribution >= 4 is 17.6 Å². The molecule has 2 aromatic heterocycles. The second-order valence-corrected chi connectivity index (χ2v) is 6.93. The predicted octanol–water partition coefficient (Wildman–Crippen LogP) is 2.31. The normalized spacial score (nSPS) is 28.3. The molecule has 116 valence electrons. The monoisotopic (exact) mass is 307 g/mol. The summed E-state index contributed by atoms with van der Waals surface area (Å²) < 4.78 is 0. The van der Waals surface area contributed by atoms with E-state index in [1.807, 2.05) is 6.07 Å². The minimum Gasteiger partial charge on any atom is -0.336 e. The zero-order chi connectivity index (χ0) is 15.4. The van der Waals surface area contributed by atoms with Gasteiger partial charge in [0.15, 0.2) is 5.82 Å². The Kier molecular flexibility index (Phi) is 2.49. The minimum atomic E-state index is -0.168. The quantitative estimate of drug-likeness (QED) is 0.900. The van der Waals surface area contributed by atoms with E-state index in [2.05, 4.69) is 42.5 Å². The summed E-state index contributed by atoms with van der Waals surface area (Å²) in [7, 11) is 0. The lowest BCUT2D eigenvalue weighted by Gasteiger charge is -2.30. The van der Waals surface area contributed by atoms with Crippen molar-refractivity contribution in [3.05, 3.63) is 24.0 Å². The van der Waals surface area contributed by atoms with E-state index in [1.54, 1.807) is 6.20 Å². The van der Waals surface area contributed by atoms with Gasteiger partial charge in [0, 0.05) is 36.5 Å². The molecule has 7 nitrogen and oxygen atoms in total. The summed E-state index contributed by atoms with van der Waals surface area (Å²) in [5.74, 6) is 2.87. The topological polar surface area (TPSA) is 93.5 Å². The van der Waals surface area contributed by atoms with Crippen LogP contribution in [0.15, 0.2) is 18.3 Å². The molecule has 4 heterocycles. The zero-order valence-corrected chi connectivity index (χ0v) is 12.7. The van der Waals surface area contributed by atoms with Crippen LogP contribution in [0.5, 0.6) is 0 Å². The maximum atomic E-state index is 9.29. The molecule has 0 spiro atoms. The van der Waals surface area contributed by atoms with Crippen LogP contribution < -0.4 is 10.2 Å². The molecule has 0 atom stereocenters. The van der Waals surface area contributed by atoms with E-state index in [9.17, 15) is 5.26 Å². The molecular weight excluding hydrogens is 290 g/mol. The molecule has 4 fully saturated rings. The summed E-state index contributed by atoms with van der Waals surface area (Å²) in [5, 5.41) is 19.9. The number of anilines is 3. The SMILES string of the molecule is N#CC12CC(C1)N(c1nccc(Nc3cc(C4CC4)[nH]n3)n1)C2. The fourth-order valence-corrected chi connectivity index (χ4v) is 3.70. The van der Waals surface area contributed by atoms with Crippen molar-refractivity contribution in [2.24, 2.45) is 5.41 Å². The Balaban J connectivity index is 1.35. The average molecular weight is 307 g/mol. The largest absolute Gasteiger partial charge is 0.336 e. The molecule has 23 heavy (non-hydrogen) atoms. The third-order valence-electron chi connectivity index (χ3n) is 5.17. The molecule has 2 aromatic rings. The third kappa shape index (κ3) is 2.05. The van der Waals surface area contributed by atoms with Gasteiger partial charge in [-0.15, -0.1) is 0 Å². The Morgan fingerprint density at radius 1 is 1.35 bits per heavy atom. The van der Waals surface area contributed by atoms with Gasteiger partial charge < -0.3 is 10.2 Å². The summed E-state index contributed by atoms with van der Waals surface area (Å²) in [6, 6.07) is 6.76. The summed E-state index contributed by atoms with van der Waals surface area (Å²) in [6.45, 7) is 0.742. The second kappa shape index (κ2) is 4.44. The van der Waals surface area contributed by atoms with Gasteiger partial charge in [0.2, 0.25) is 5.95 Å². The number of rotatable bonds is 4. The lowest BCUT2D eigenvalue weighted by Crippen LogP contribution is -2.34. The van der Waals surface area contributed by atoms with Crippen LogP contribution in [0.4, 0.5) is 17.6 Å². The van der Waals surface area contributed by atoms with Crippen molar-refractivity contribution < 1.29 is 0 Å². The van der Waals surface area contributed by atoms with E-state index in [1.165, 1.54) is 18.5 Å². The highest BCUT2D eigenvalue weighted by atomic mass is 15.3. The van der Waals surface area contributed by atoms with Crippen LogP contribution >= 0.6 is 0 Å². The first kappa shape index (κ1) is 12.9. The first-order chi connectivity index (χ1) is 11.2. The van der Waals surface area contributed by atoms with E-state index < -0.39 is 0 Å². The van der Waals surface area contributed by atoms with E-state index in [-0.39, 0.29) is 5.41 Å². The molecule has 6 rings (SSSR count). The second-order valence-electron chi connectivity index (χ2n) is 6.93. The Morgan fingerprint density at radius 3 is 2.96 bits per heavy atom. The van der Waals surface area contributed by atoms with Gasteiger partial charge in [-0.25, -0.2) is 4.98 Å². The fourth-order valence-electron chi connectivity index (χ4n) is 3.70. The highest BCUT2D eigenvalue weighted by Gasteiger charge is 2.56. The number of hydrogen-bond acceptors (Lipinski definition) is 6. The van der Waals surface area contributed by atoms with Gasteiger partial charge in [-0.1, -0.05) is 0 Å². The number of hydrogen-bond donors (Lipinski definition) is 2. The number of aromatic amines is 1. The summed E-state index contributed by atoms with van der Waals surface area (Å²) >= 11 is 0. The van der Waals surface area contributed by atoms with E-state index in [4.69, 9.17) is 0 Å². The fraction of sp³-hybridized carbons (Fsp3) is 0.500. The van der Waals surface area contributed by atoms with Crippen LogP contribution in [0.2, 0.25) is 0 Å². The number of nitrogens with one attached hydrogen (secondary N) is 2. The van der Waals surface area contributed by atoms with Gasteiger partial charge in [-0.2, -0.15) is 15.3 Å². The molecule has 0 radical (unpaired) electrons. The average Bonchev–Trinajstić information content (AvgIpc) is 3.02. The molecule has 2 N–H and O–H groups in total. The third-order valence-corrected chi connectivity index (χ3v) is 5.17. The van der Waals surface area contributed by atoms with E-state index in [0.717, 1.165) is 31.0 Å². The van der Waals surface area contributed by atoms with Crippen molar-refractivity contribution in [2.45, 2.75) is 37.6 Å². The molecule has 2 saturated carbocycles. The Labute approximate surface area is 133 Å². The molecule has 2 aliphatic heterocycles. The number of nitrogens with zero attached hydrogens (tertiary/aromatic N) is 5. The van der Waals surface area contributed by atoms with Crippen LogP contribution in [-0.4, -0.2) is 32.8 Å². The molecular formula is C16H17N7. The van der Waals surface area contributed by atoms with Gasteiger partial charge in [0.25, 0.3) is 0 Å². The van der Waals surface area contributed by atoms with Crippen LogP contribution in [-0.2, 0) is 0 Å². The van der Waals surface area contributed by atoms with Crippen LogP contribution in [0.3, 0.4) is 0 Å². The summed E-state index contributed by atoms with van der Waals surface area (Å²) in [6.07, 6.45) is 6.13. The standard InChI is InChI=1S/C16H17N7/c17-8-16-6-11(7-16)23(9-16)15-18-4-3-13(20-15)19-14-5-12(21-22-14)10-1-2-10/h3-5,10-11H,1-2,6-7,9H2,(H2,18,19,20,21,22). The Morgan fingerprint density at radius 2 is 2.22 bits per heavy atom. The van der Waals surface area contributed by atoms with Crippen molar-refractivity contribution in [1.82, 2.24) is 20.2 Å². The zero-order valence-electron chi connectivity index (χ0n) is 12.7. The first-order valence-electron chi connectivity index (χ1n) is 8.08. The molecule has 7 heteroatoms. The molecule has 0 unspecified atom stereocenters. The predicted molar refractivity (Wildman–Crippen MR) is 84.3 cm³/mol. The lowest BCUT2D eigenvalue weighted by atomic mass is 9.71. The van der Waals surface area contributed by atoms with Crippen molar-refractivity contribution in [3.63, 3.8) is 0 Å². The summed E-state index contributed by atoms with van der Waals surface area (Å²) in [4.78, 5) is 11.2. The van der Waals surface area contributed by atoms with Gasteiger partial charge in [-0.05, 0) is 31.7 Å². The molecule has 2 bridgehead atoms. The highest BCUT2D eigenvalue weighted by Crippen LogP contribution is 2.52. The number of nitriles is 1. The van der Waals surface area contributed by atoms with Crippen molar-refractivity contribution in [3.8, 4) is 6.07 Å². The van der Waals surface area contributed by atoms with Gasteiger partial charge in [0.05, 0.1) is 11.5 Å². The lowest BCUT2D eigenvalue weighted by molar-refractivity contribution is 0.283. The number of H-pyrrole nitrogens is 1. The highest BCUT2D eigenvalue weighted by molar-refractivity contribution is 5.54. The van der Waals surface area contributed by atoms with Gasteiger partial charge in [0.1, 0.15) is 5.82 Å². The Bertz CT molecular complexity index is 795. The van der Waals surface area contributed by atoms with Gasteiger partial charge in [-0.3, -0.25) is 5.10 Å². The molecule has 2 saturated heterocycles.